The monoisotopic (exact) mass is 964 g/mol. The average molecular weight is 966 g/mol. The lowest BCUT2D eigenvalue weighted by atomic mass is 10.3. The van der Waals surface area contributed by atoms with Crippen molar-refractivity contribution >= 4 is 78.5 Å². The van der Waals surface area contributed by atoms with Crippen molar-refractivity contribution in [2.45, 2.75) is 49.6 Å². The predicted octanol–water partition coefficient (Wildman–Crippen LogP) is 12.7. The summed E-state index contributed by atoms with van der Waals surface area (Å²) in [6.07, 6.45) is 0. The van der Waals surface area contributed by atoms with Gasteiger partial charge in [0.05, 0.1) is 30.4 Å². The van der Waals surface area contributed by atoms with Crippen LogP contribution in [0.4, 0.5) is 48.3 Å². The molecule has 0 spiro atoms. The molecule has 22 heteroatoms. The maximum Gasteiger partial charge on any atom is 0.485 e. The van der Waals surface area contributed by atoms with Gasteiger partial charge in [0.2, 0.25) is 0 Å². The van der Waals surface area contributed by atoms with Crippen LogP contribution >= 0.6 is 46.7 Å². The first-order valence-electron chi connectivity index (χ1n) is 15.5. The van der Waals surface area contributed by atoms with Gasteiger partial charge in [-0.3, -0.25) is 0 Å². The van der Waals surface area contributed by atoms with E-state index in [2.05, 4.69) is 0 Å². The number of fused-ring (bicyclic) bond motifs is 4. The van der Waals surface area contributed by atoms with Crippen molar-refractivity contribution in [3.05, 3.63) is 160 Å². The van der Waals surface area contributed by atoms with Crippen LogP contribution in [0.3, 0.4) is 0 Å². The zero-order valence-corrected chi connectivity index (χ0v) is 34.0. The molecule has 59 heavy (non-hydrogen) atoms. The predicted molar refractivity (Wildman–Crippen MR) is 199 cm³/mol. The van der Waals surface area contributed by atoms with E-state index < -0.39 is 83.9 Å². The van der Waals surface area contributed by atoms with Crippen LogP contribution in [0.25, 0.3) is 0 Å². The smallest absolute Gasteiger partial charge is 0.485 e. The minimum atomic E-state index is -6.09. The van der Waals surface area contributed by atoms with Crippen molar-refractivity contribution in [2.75, 3.05) is 0 Å². The molecule has 0 aromatic heterocycles. The number of hydrogen-bond acceptors (Lipinski definition) is 6. The maximum atomic E-state index is 13.8. The molecule has 0 saturated heterocycles. The second-order valence-electron chi connectivity index (χ2n) is 11.3. The van der Waals surface area contributed by atoms with Gasteiger partial charge in [0.25, 0.3) is 0 Å². The Hall–Kier alpha value is -3.76. The van der Waals surface area contributed by atoms with E-state index in [1.807, 2.05) is 30.3 Å². The second kappa shape index (κ2) is 18.9. The van der Waals surface area contributed by atoms with Crippen LogP contribution in [-0.4, -0.2) is 22.7 Å². The van der Waals surface area contributed by atoms with E-state index >= 15 is 0 Å². The molecule has 4 nitrogen and oxygen atoms in total. The van der Waals surface area contributed by atoms with Crippen molar-refractivity contribution in [1.82, 2.24) is 0 Å². The molecule has 0 saturated carbocycles. The Morgan fingerprint density at radius 1 is 0.525 bits per heavy atom. The van der Waals surface area contributed by atoms with Crippen LogP contribution in [0.5, 0.6) is 0 Å². The van der Waals surface area contributed by atoms with Crippen molar-refractivity contribution in [3.63, 3.8) is 0 Å². The van der Waals surface area contributed by atoms with E-state index in [0.29, 0.717) is 24.6 Å². The largest absolute Gasteiger partial charge is 0.741 e. The van der Waals surface area contributed by atoms with Gasteiger partial charge in [-0.1, -0.05) is 64.9 Å². The van der Waals surface area contributed by atoms with Crippen LogP contribution in [0.1, 0.15) is 0 Å². The fourth-order valence-electron chi connectivity index (χ4n) is 4.68. The summed E-state index contributed by atoms with van der Waals surface area (Å²) >= 11 is 13.5. The van der Waals surface area contributed by atoms with Crippen LogP contribution < -0.4 is 0 Å². The number of benzene rings is 6. The third kappa shape index (κ3) is 11.1. The number of rotatable bonds is 1. The van der Waals surface area contributed by atoms with Gasteiger partial charge < -0.3 is 4.55 Å². The summed E-state index contributed by atoms with van der Waals surface area (Å²) in [7, 11) is -8.85. The molecule has 0 N–H and O–H groups in total. The zero-order chi connectivity index (χ0) is 43.6. The summed E-state index contributed by atoms with van der Waals surface area (Å²) in [5, 5.41) is 1.32. The molecule has 0 atom stereocenters. The van der Waals surface area contributed by atoms with E-state index in [4.69, 9.17) is 36.2 Å². The van der Waals surface area contributed by atoms with Gasteiger partial charge in [-0.25, -0.2) is 47.8 Å². The molecule has 6 aromatic rings. The quantitative estimate of drug-likeness (QED) is 0.0706. The molecular weight excluding hydrogens is 949 g/mol. The summed E-state index contributed by atoms with van der Waals surface area (Å²) in [5.74, 6) is -8.30. The normalized spacial score (nSPS) is 13.2. The first-order chi connectivity index (χ1) is 27.5. The maximum absolute atomic E-state index is 13.8. The molecule has 0 aliphatic carbocycles. The third-order valence-electron chi connectivity index (χ3n) is 7.29. The van der Waals surface area contributed by atoms with Crippen molar-refractivity contribution in [3.8, 4) is 0 Å². The summed E-state index contributed by atoms with van der Waals surface area (Å²) < 4.78 is 179. The SMILES string of the molecule is Clc1ccccc1.Fc1cc2c(cc1F)[S+](c1ccc(Cl)cc1)c1cc(F)c(F)cc1S2.O=S(=O)([O-])C(F)(F)F.O=S1c2cc(F)c(F)cc2Sc2cc(F)c(F)cc21. The molecular formula is C37H17Cl2F11O4S5. The molecule has 0 unspecified atom stereocenters. The number of alkyl halides is 3. The lowest BCUT2D eigenvalue weighted by Gasteiger charge is -2.19. The van der Waals surface area contributed by atoms with Gasteiger partial charge in [0.15, 0.2) is 71.3 Å². The number of hydrogen-bond donors (Lipinski definition) is 0. The Morgan fingerprint density at radius 3 is 1.20 bits per heavy atom. The third-order valence-corrected chi connectivity index (χ3v) is 14.9. The molecule has 6 aromatic carbocycles. The molecule has 310 valence electrons. The first-order valence-corrected chi connectivity index (χ1v) is 21.7. The van der Waals surface area contributed by atoms with Crippen LogP contribution in [0.15, 0.2) is 147 Å². The Balaban J connectivity index is 0.000000170. The highest BCUT2D eigenvalue weighted by molar-refractivity contribution is 8.04. The average Bonchev–Trinajstić information content (AvgIpc) is 3.15. The highest BCUT2D eigenvalue weighted by Gasteiger charge is 2.40. The van der Waals surface area contributed by atoms with Crippen LogP contribution in [-0.2, 0) is 31.8 Å². The van der Waals surface area contributed by atoms with E-state index in [9.17, 15) is 52.5 Å². The topological polar surface area (TPSA) is 74.3 Å². The molecule has 2 aliphatic rings. The van der Waals surface area contributed by atoms with Crippen molar-refractivity contribution in [1.29, 1.82) is 0 Å². The van der Waals surface area contributed by atoms with Gasteiger partial charge >= 0.3 is 5.51 Å². The highest BCUT2D eigenvalue weighted by Crippen LogP contribution is 2.49. The van der Waals surface area contributed by atoms with Gasteiger partial charge in [-0.05, 0) is 72.8 Å². The minimum absolute atomic E-state index is 0.0578. The summed E-state index contributed by atoms with van der Waals surface area (Å²) in [6, 6.07) is 24.2. The molecule has 2 heterocycles. The van der Waals surface area contributed by atoms with Crippen molar-refractivity contribution in [2.24, 2.45) is 0 Å². The fourth-order valence-corrected chi connectivity index (χ4v) is 11.4. The Bertz CT molecular complexity index is 2560. The molecule has 0 bridgehead atoms. The summed E-state index contributed by atoms with van der Waals surface area (Å²) in [6.45, 7) is 0. The van der Waals surface area contributed by atoms with Gasteiger partial charge in [0.1, 0.15) is 10.9 Å². The van der Waals surface area contributed by atoms with E-state index in [-0.39, 0.29) is 19.6 Å². The zero-order valence-electron chi connectivity index (χ0n) is 28.4. The summed E-state index contributed by atoms with van der Waals surface area (Å²) in [4.78, 5) is 3.36. The van der Waals surface area contributed by atoms with Crippen LogP contribution in [0.2, 0.25) is 10.0 Å². The highest BCUT2D eigenvalue weighted by atomic mass is 35.5. The van der Waals surface area contributed by atoms with Gasteiger partial charge in [-0.2, -0.15) is 13.2 Å². The Morgan fingerprint density at radius 2 is 0.847 bits per heavy atom. The van der Waals surface area contributed by atoms with E-state index in [1.54, 1.807) is 24.3 Å². The Kier molecular flexibility index (Phi) is 14.8. The fraction of sp³-hybridized carbons (Fsp3) is 0.0270. The standard InChI is InChI=1S/C18H8ClF4S2.C12H4F4OS2.C6H5Cl.CHF3O3S/c19-9-1-3-10(4-2-9)25-17-7-13(22)11(20)5-15(17)24-16-6-12(21)14(23)8-18(16)25;13-5-1-9-11(3-7(5)15)19(17)12-4-8(16)6(14)2-10(12)18-9;7-6-4-2-1-3-5-6;2-1(3,4)8(5,6)7/h1-8H;1-4H;1-5H;(H,5,6,7)/q+1;;;/p-1. The first kappa shape index (κ1) is 46.3. The lowest BCUT2D eigenvalue weighted by Crippen LogP contribution is -2.21. The van der Waals surface area contributed by atoms with E-state index in [1.165, 1.54) is 0 Å². The number of halogens is 13. The molecule has 2 aliphatic heterocycles. The van der Waals surface area contributed by atoms with Crippen LogP contribution in [0, 0.1) is 46.5 Å². The Labute approximate surface area is 351 Å². The molecule has 0 fully saturated rings. The second-order valence-corrected chi connectivity index (χ2v) is 19.1. The molecule has 8 rings (SSSR count). The summed E-state index contributed by atoms with van der Waals surface area (Å²) in [5.41, 5.74) is -5.65. The lowest BCUT2D eigenvalue weighted by molar-refractivity contribution is -0.0517. The van der Waals surface area contributed by atoms with Gasteiger partial charge in [0, 0.05) is 32.0 Å². The minimum Gasteiger partial charge on any atom is -0.741 e. The van der Waals surface area contributed by atoms with Crippen molar-refractivity contribution < 1.29 is 65.5 Å². The molecule has 0 radical (unpaired) electrons. The molecule has 0 amide bonds. The van der Waals surface area contributed by atoms with E-state index in [0.717, 1.165) is 82.0 Å². The van der Waals surface area contributed by atoms with Gasteiger partial charge in [-0.15, -0.1) is 0 Å².